The maximum Gasteiger partial charge on any atom is 0.246 e. The number of carbonyl (C=O) groups is 3. The highest BCUT2D eigenvalue weighted by Crippen LogP contribution is 2.36. The van der Waals surface area contributed by atoms with Crippen LogP contribution in [0.5, 0.6) is 0 Å². The zero-order chi connectivity index (χ0) is 31.9. The second-order valence-corrected chi connectivity index (χ2v) is 13.4. The number of hydrogen-bond acceptors (Lipinski definition) is 5. The van der Waals surface area contributed by atoms with Crippen molar-refractivity contribution in [3.63, 3.8) is 0 Å². The van der Waals surface area contributed by atoms with Crippen molar-refractivity contribution < 1.29 is 14.4 Å². The second-order valence-electron chi connectivity index (χ2n) is 13.4. The predicted molar refractivity (Wildman–Crippen MR) is 178 cm³/mol. The molecule has 1 saturated heterocycles. The molecule has 1 fully saturated rings. The van der Waals surface area contributed by atoms with Crippen molar-refractivity contribution in [1.82, 2.24) is 14.7 Å². The SMILES string of the molecule is CN(C)CC(=O)[C@@]1(Cc2ccccc2)CCCN(C(=O)[C@@H](Cc2ccc3ccccc3c2)N(C)C(=O)/C=C/CC(C)(C)N)C1. The summed E-state index contributed by atoms with van der Waals surface area (Å²) in [5.74, 6) is -0.229. The molecule has 3 aromatic carbocycles. The van der Waals surface area contributed by atoms with E-state index < -0.39 is 17.0 Å². The van der Waals surface area contributed by atoms with Gasteiger partial charge < -0.3 is 20.4 Å². The number of likely N-dealkylation sites (tertiary alicyclic amines) is 1. The molecule has 44 heavy (non-hydrogen) atoms. The summed E-state index contributed by atoms with van der Waals surface area (Å²) in [5, 5.41) is 2.21. The molecule has 0 spiro atoms. The normalized spacial score (nSPS) is 18.1. The Hall–Kier alpha value is -3.81. The summed E-state index contributed by atoms with van der Waals surface area (Å²) in [6.45, 7) is 5.02. The third kappa shape index (κ3) is 8.64. The average molecular weight is 597 g/mol. The van der Waals surface area contributed by atoms with Crippen molar-refractivity contribution in [2.75, 3.05) is 40.8 Å². The molecule has 2 N–H and O–H groups in total. The van der Waals surface area contributed by atoms with Crippen LogP contribution >= 0.6 is 0 Å². The summed E-state index contributed by atoms with van der Waals surface area (Å²) in [6, 6.07) is 23.6. The quantitative estimate of drug-likeness (QED) is 0.302. The van der Waals surface area contributed by atoms with E-state index in [1.807, 2.05) is 74.1 Å². The fourth-order valence-electron chi connectivity index (χ4n) is 6.16. The minimum Gasteiger partial charge on any atom is -0.340 e. The van der Waals surface area contributed by atoms with Gasteiger partial charge in [-0.3, -0.25) is 14.4 Å². The lowest BCUT2D eigenvalue weighted by Crippen LogP contribution is -2.57. The molecule has 7 heteroatoms. The van der Waals surface area contributed by atoms with Crippen LogP contribution in [0.3, 0.4) is 0 Å². The van der Waals surface area contributed by atoms with E-state index in [-0.39, 0.29) is 17.6 Å². The number of nitrogens with zero attached hydrogens (tertiary/aromatic N) is 3. The third-order valence-electron chi connectivity index (χ3n) is 8.57. The van der Waals surface area contributed by atoms with E-state index >= 15 is 0 Å². The van der Waals surface area contributed by atoms with E-state index in [0.29, 0.717) is 38.9 Å². The highest BCUT2D eigenvalue weighted by Gasteiger charge is 2.44. The van der Waals surface area contributed by atoms with Crippen LogP contribution in [0.15, 0.2) is 84.9 Å². The molecule has 0 saturated carbocycles. The zero-order valence-corrected chi connectivity index (χ0v) is 27.0. The van der Waals surface area contributed by atoms with Gasteiger partial charge >= 0.3 is 0 Å². The van der Waals surface area contributed by atoms with Gasteiger partial charge in [-0.05, 0) is 81.6 Å². The lowest BCUT2D eigenvalue weighted by atomic mass is 9.71. The maximum absolute atomic E-state index is 14.5. The van der Waals surface area contributed by atoms with Gasteiger partial charge in [0.1, 0.15) is 6.04 Å². The van der Waals surface area contributed by atoms with Crippen LogP contribution in [-0.4, -0.2) is 84.7 Å². The number of ketones is 1. The van der Waals surface area contributed by atoms with Crippen molar-refractivity contribution in [2.45, 2.75) is 57.5 Å². The van der Waals surface area contributed by atoms with Gasteiger partial charge in [-0.2, -0.15) is 0 Å². The van der Waals surface area contributed by atoms with Gasteiger partial charge in [0.05, 0.1) is 12.0 Å². The standard InChI is InChI=1S/C37H48N4O3/c1-36(2,38)20-11-17-34(43)40(5)32(24-29-18-19-30-15-9-10-16-31(30)23-29)35(44)41-22-12-21-37(27-41,33(42)26-39(3)4)25-28-13-7-6-8-14-28/h6-11,13-19,23,32H,12,20-22,24-27,38H2,1-5H3/b17-11+/t32-,37-/m1/s1. The Bertz CT molecular complexity index is 1480. The first-order chi connectivity index (χ1) is 20.9. The summed E-state index contributed by atoms with van der Waals surface area (Å²) in [5.41, 5.74) is 7.05. The number of nitrogens with two attached hydrogens (primary N) is 1. The zero-order valence-electron chi connectivity index (χ0n) is 27.0. The Kier molecular flexibility index (Phi) is 10.8. The summed E-state index contributed by atoms with van der Waals surface area (Å²) < 4.78 is 0. The molecule has 1 aliphatic heterocycles. The van der Waals surface area contributed by atoms with Crippen LogP contribution in [0.1, 0.15) is 44.2 Å². The number of carbonyl (C=O) groups excluding carboxylic acids is 3. The monoisotopic (exact) mass is 596 g/mol. The number of amides is 2. The summed E-state index contributed by atoms with van der Waals surface area (Å²) >= 11 is 0. The molecule has 3 aromatic rings. The minimum atomic E-state index is -0.726. The van der Waals surface area contributed by atoms with Crippen LogP contribution in [0.4, 0.5) is 0 Å². The van der Waals surface area contributed by atoms with Crippen molar-refractivity contribution in [2.24, 2.45) is 11.1 Å². The second kappa shape index (κ2) is 14.3. The van der Waals surface area contributed by atoms with E-state index in [1.165, 1.54) is 6.08 Å². The Morgan fingerprint density at radius 3 is 2.32 bits per heavy atom. The molecular formula is C37H48N4O3. The van der Waals surface area contributed by atoms with Crippen LogP contribution < -0.4 is 5.73 Å². The van der Waals surface area contributed by atoms with Crippen molar-refractivity contribution >= 4 is 28.4 Å². The molecule has 2 atom stereocenters. The first-order valence-electron chi connectivity index (χ1n) is 15.6. The molecule has 0 radical (unpaired) electrons. The molecule has 2 amide bonds. The molecule has 1 heterocycles. The molecule has 0 aliphatic carbocycles. The minimum absolute atomic E-state index is 0.128. The lowest BCUT2D eigenvalue weighted by Gasteiger charge is -2.44. The largest absolute Gasteiger partial charge is 0.340 e. The molecule has 4 rings (SSSR count). The van der Waals surface area contributed by atoms with Crippen molar-refractivity contribution in [1.29, 1.82) is 0 Å². The fraction of sp³-hybridized carbons (Fsp3) is 0.432. The first kappa shape index (κ1) is 33.1. The molecule has 1 aliphatic rings. The third-order valence-corrected chi connectivity index (χ3v) is 8.57. The van der Waals surface area contributed by atoms with Gasteiger partial charge in [0, 0.05) is 32.1 Å². The van der Waals surface area contributed by atoms with E-state index in [2.05, 4.69) is 36.4 Å². The number of fused-ring (bicyclic) bond motifs is 1. The van der Waals surface area contributed by atoms with E-state index in [4.69, 9.17) is 5.73 Å². The summed E-state index contributed by atoms with van der Waals surface area (Å²) in [7, 11) is 5.50. The highest BCUT2D eigenvalue weighted by atomic mass is 16.2. The van der Waals surface area contributed by atoms with Gasteiger partial charge in [-0.15, -0.1) is 0 Å². The number of likely N-dealkylation sites (N-methyl/N-ethyl adjacent to an activating group) is 2. The maximum atomic E-state index is 14.5. The molecule has 7 nitrogen and oxygen atoms in total. The number of rotatable bonds is 12. The fourth-order valence-corrected chi connectivity index (χ4v) is 6.16. The predicted octanol–water partition coefficient (Wildman–Crippen LogP) is 4.88. The van der Waals surface area contributed by atoms with Crippen LogP contribution in [0.2, 0.25) is 0 Å². The van der Waals surface area contributed by atoms with Crippen molar-refractivity contribution in [3.05, 3.63) is 96.1 Å². The lowest BCUT2D eigenvalue weighted by molar-refractivity contribution is -0.147. The highest BCUT2D eigenvalue weighted by molar-refractivity contribution is 5.94. The smallest absolute Gasteiger partial charge is 0.246 e. The molecule has 234 valence electrons. The Balaban J connectivity index is 1.65. The van der Waals surface area contributed by atoms with Crippen molar-refractivity contribution in [3.8, 4) is 0 Å². The number of benzene rings is 3. The molecule has 0 bridgehead atoms. The van der Waals surface area contributed by atoms with Gasteiger partial charge in [0.15, 0.2) is 5.78 Å². The molecule has 0 unspecified atom stereocenters. The Morgan fingerprint density at radius 1 is 0.955 bits per heavy atom. The summed E-state index contributed by atoms with van der Waals surface area (Å²) in [6.07, 6.45) is 6.23. The van der Waals surface area contributed by atoms with E-state index in [0.717, 1.165) is 34.7 Å². The number of hydrogen-bond donors (Lipinski definition) is 1. The number of piperidine rings is 1. The number of Topliss-reactive ketones (excluding diaryl/α,β-unsaturated/α-hetero) is 1. The first-order valence-corrected chi connectivity index (χ1v) is 15.6. The van der Waals surface area contributed by atoms with Crippen LogP contribution in [0.25, 0.3) is 10.8 Å². The molecular weight excluding hydrogens is 548 g/mol. The summed E-state index contributed by atoms with van der Waals surface area (Å²) in [4.78, 5) is 47.1. The van der Waals surface area contributed by atoms with Crippen LogP contribution in [-0.2, 0) is 27.2 Å². The van der Waals surface area contributed by atoms with Gasteiger partial charge in [0.25, 0.3) is 0 Å². The van der Waals surface area contributed by atoms with Gasteiger partial charge in [0.2, 0.25) is 11.8 Å². The average Bonchev–Trinajstić information content (AvgIpc) is 2.98. The molecule has 0 aromatic heterocycles. The van der Waals surface area contributed by atoms with E-state index in [1.54, 1.807) is 18.0 Å². The van der Waals surface area contributed by atoms with E-state index in [9.17, 15) is 14.4 Å². The Labute approximate surface area is 262 Å². The van der Waals surface area contributed by atoms with Gasteiger partial charge in [-0.25, -0.2) is 0 Å². The topological polar surface area (TPSA) is 87.0 Å². The van der Waals surface area contributed by atoms with Crippen LogP contribution in [0, 0.1) is 5.41 Å². The van der Waals surface area contributed by atoms with Gasteiger partial charge in [-0.1, -0.05) is 78.9 Å². The Morgan fingerprint density at radius 2 is 1.64 bits per heavy atom.